The first-order valence-corrected chi connectivity index (χ1v) is 6.10. The first-order chi connectivity index (χ1) is 8.49. The second kappa shape index (κ2) is 5.19. The topological polar surface area (TPSA) is 37.3 Å². The van der Waals surface area contributed by atoms with Crippen molar-refractivity contribution in [3.8, 4) is 11.1 Å². The summed E-state index contributed by atoms with van der Waals surface area (Å²) in [7, 11) is 0. The number of benzene rings is 2. The first-order valence-electron chi connectivity index (χ1n) is 4.97. The summed E-state index contributed by atoms with van der Waals surface area (Å²) in [5.74, 6) is -1.09. The lowest BCUT2D eigenvalue weighted by Crippen LogP contribution is -2.00. The Balaban J connectivity index is 2.71. The summed E-state index contributed by atoms with van der Waals surface area (Å²) in [4.78, 5) is 11.2. The number of rotatable bonds is 2. The summed E-state index contributed by atoms with van der Waals surface area (Å²) >= 11 is 17.7. The molecule has 0 aliphatic heterocycles. The van der Waals surface area contributed by atoms with Gasteiger partial charge in [0.25, 0.3) is 0 Å². The lowest BCUT2D eigenvalue weighted by molar-refractivity contribution is 0.0698. The standard InChI is InChI=1S/C13H7Cl3O2/c14-8-4-7(5-9(15)6-8)10-2-1-3-11(16)12(10)13(17)18/h1-6H,(H,17,18). The van der Waals surface area contributed by atoms with Crippen molar-refractivity contribution in [3.63, 3.8) is 0 Å². The first kappa shape index (κ1) is 13.2. The van der Waals surface area contributed by atoms with E-state index in [1.54, 1.807) is 30.3 Å². The van der Waals surface area contributed by atoms with Crippen molar-refractivity contribution in [1.82, 2.24) is 0 Å². The van der Waals surface area contributed by atoms with E-state index in [0.717, 1.165) is 0 Å². The van der Waals surface area contributed by atoms with Gasteiger partial charge in [0, 0.05) is 10.0 Å². The fourth-order valence-electron chi connectivity index (χ4n) is 1.69. The highest BCUT2D eigenvalue weighted by Gasteiger charge is 2.16. The molecule has 2 aromatic carbocycles. The molecule has 2 aromatic rings. The Morgan fingerprint density at radius 2 is 1.61 bits per heavy atom. The van der Waals surface area contributed by atoms with Crippen LogP contribution in [0.2, 0.25) is 15.1 Å². The van der Waals surface area contributed by atoms with Crippen LogP contribution in [0.5, 0.6) is 0 Å². The van der Waals surface area contributed by atoms with Crippen LogP contribution in [-0.2, 0) is 0 Å². The molecule has 5 heteroatoms. The number of carboxylic acid groups (broad SMARTS) is 1. The molecule has 2 nitrogen and oxygen atoms in total. The van der Waals surface area contributed by atoms with Gasteiger partial charge in [0.15, 0.2) is 0 Å². The van der Waals surface area contributed by atoms with Crippen molar-refractivity contribution in [2.24, 2.45) is 0 Å². The van der Waals surface area contributed by atoms with E-state index in [9.17, 15) is 9.90 Å². The Bertz CT molecular complexity index is 603. The molecule has 0 atom stereocenters. The van der Waals surface area contributed by atoms with E-state index < -0.39 is 5.97 Å². The predicted octanol–water partition coefficient (Wildman–Crippen LogP) is 5.01. The number of halogens is 3. The van der Waals surface area contributed by atoms with Gasteiger partial charge in [-0.15, -0.1) is 0 Å². The van der Waals surface area contributed by atoms with Crippen molar-refractivity contribution in [2.75, 3.05) is 0 Å². The molecule has 0 amide bonds. The normalized spacial score (nSPS) is 10.4. The molecular weight excluding hydrogens is 294 g/mol. The number of carbonyl (C=O) groups is 1. The second-order valence-corrected chi connectivity index (χ2v) is 4.91. The number of hydrogen-bond acceptors (Lipinski definition) is 1. The summed E-state index contributed by atoms with van der Waals surface area (Å²) < 4.78 is 0. The van der Waals surface area contributed by atoms with Gasteiger partial charge in [-0.05, 0) is 35.4 Å². The van der Waals surface area contributed by atoms with Crippen molar-refractivity contribution in [2.45, 2.75) is 0 Å². The molecular formula is C13H7Cl3O2. The third-order valence-electron chi connectivity index (χ3n) is 2.40. The average molecular weight is 302 g/mol. The van der Waals surface area contributed by atoms with Crippen LogP contribution >= 0.6 is 34.8 Å². The molecule has 0 radical (unpaired) electrons. The maximum absolute atomic E-state index is 11.2. The lowest BCUT2D eigenvalue weighted by atomic mass is 10.00. The van der Waals surface area contributed by atoms with Gasteiger partial charge in [0.1, 0.15) is 0 Å². The van der Waals surface area contributed by atoms with Crippen LogP contribution in [-0.4, -0.2) is 11.1 Å². The van der Waals surface area contributed by atoms with E-state index in [4.69, 9.17) is 34.8 Å². The Morgan fingerprint density at radius 3 is 2.17 bits per heavy atom. The fraction of sp³-hybridized carbons (Fsp3) is 0. The lowest BCUT2D eigenvalue weighted by Gasteiger charge is -2.09. The van der Waals surface area contributed by atoms with Gasteiger partial charge < -0.3 is 5.11 Å². The molecule has 1 N–H and O–H groups in total. The quantitative estimate of drug-likeness (QED) is 0.846. The molecule has 0 fully saturated rings. The highest BCUT2D eigenvalue weighted by molar-refractivity contribution is 6.36. The molecule has 0 aliphatic rings. The largest absolute Gasteiger partial charge is 0.478 e. The minimum absolute atomic E-state index is 0.0394. The number of aromatic carboxylic acids is 1. The zero-order valence-electron chi connectivity index (χ0n) is 8.95. The molecule has 0 saturated heterocycles. The van der Waals surface area contributed by atoms with E-state index in [-0.39, 0.29) is 10.6 Å². The van der Waals surface area contributed by atoms with Gasteiger partial charge in [0.05, 0.1) is 10.6 Å². The van der Waals surface area contributed by atoms with Gasteiger partial charge >= 0.3 is 5.97 Å². The smallest absolute Gasteiger partial charge is 0.337 e. The Kier molecular flexibility index (Phi) is 3.81. The zero-order chi connectivity index (χ0) is 13.3. The zero-order valence-corrected chi connectivity index (χ0v) is 11.2. The fourth-order valence-corrected chi connectivity index (χ4v) is 2.47. The minimum Gasteiger partial charge on any atom is -0.478 e. The molecule has 0 saturated carbocycles. The van der Waals surface area contributed by atoms with E-state index >= 15 is 0 Å². The van der Waals surface area contributed by atoms with Crippen LogP contribution in [0.15, 0.2) is 36.4 Å². The van der Waals surface area contributed by atoms with Gasteiger partial charge in [-0.2, -0.15) is 0 Å². The molecule has 0 aliphatic carbocycles. The third kappa shape index (κ3) is 2.61. The Labute approximate surface area is 119 Å². The predicted molar refractivity (Wildman–Crippen MR) is 73.9 cm³/mol. The van der Waals surface area contributed by atoms with E-state index in [1.807, 2.05) is 0 Å². The maximum atomic E-state index is 11.2. The summed E-state index contributed by atoms with van der Waals surface area (Å²) in [6, 6.07) is 9.74. The summed E-state index contributed by atoms with van der Waals surface area (Å²) in [6.45, 7) is 0. The van der Waals surface area contributed by atoms with Crippen LogP contribution in [0, 0.1) is 0 Å². The maximum Gasteiger partial charge on any atom is 0.337 e. The molecule has 0 heterocycles. The van der Waals surface area contributed by atoms with Gasteiger partial charge in [-0.25, -0.2) is 4.79 Å². The molecule has 18 heavy (non-hydrogen) atoms. The van der Waals surface area contributed by atoms with Gasteiger partial charge in [0.2, 0.25) is 0 Å². The number of carboxylic acids is 1. The van der Waals surface area contributed by atoms with Crippen LogP contribution < -0.4 is 0 Å². The summed E-state index contributed by atoms with van der Waals surface area (Å²) in [5, 5.41) is 10.3. The summed E-state index contributed by atoms with van der Waals surface area (Å²) in [6.07, 6.45) is 0. The van der Waals surface area contributed by atoms with Gasteiger partial charge in [-0.1, -0.05) is 46.9 Å². The van der Waals surface area contributed by atoms with Crippen molar-refractivity contribution in [3.05, 3.63) is 57.0 Å². The summed E-state index contributed by atoms with van der Waals surface area (Å²) in [5.41, 5.74) is 1.14. The monoisotopic (exact) mass is 300 g/mol. The second-order valence-electron chi connectivity index (χ2n) is 3.63. The molecule has 0 spiro atoms. The third-order valence-corrected chi connectivity index (χ3v) is 3.15. The van der Waals surface area contributed by atoms with Crippen molar-refractivity contribution >= 4 is 40.8 Å². The van der Waals surface area contributed by atoms with Crippen LogP contribution in [0.3, 0.4) is 0 Å². The van der Waals surface area contributed by atoms with Crippen LogP contribution in [0.25, 0.3) is 11.1 Å². The van der Waals surface area contributed by atoms with Crippen molar-refractivity contribution in [1.29, 1.82) is 0 Å². The highest BCUT2D eigenvalue weighted by Crippen LogP contribution is 2.32. The van der Waals surface area contributed by atoms with E-state index in [0.29, 0.717) is 21.2 Å². The molecule has 92 valence electrons. The SMILES string of the molecule is O=C(O)c1c(Cl)cccc1-c1cc(Cl)cc(Cl)c1. The van der Waals surface area contributed by atoms with Crippen LogP contribution in [0.4, 0.5) is 0 Å². The average Bonchev–Trinajstić information content (AvgIpc) is 2.26. The minimum atomic E-state index is -1.09. The Morgan fingerprint density at radius 1 is 1.00 bits per heavy atom. The number of hydrogen-bond donors (Lipinski definition) is 1. The Hall–Kier alpha value is -1.22. The molecule has 0 aromatic heterocycles. The van der Waals surface area contributed by atoms with Crippen molar-refractivity contribution < 1.29 is 9.90 Å². The molecule has 0 unspecified atom stereocenters. The van der Waals surface area contributed by atoms with E-state index in [1.165, 1.54) is 6.07 Å². The van der Waals surface area contributed by atoms with E-state index in [2.05, 4.69) is 0 Å². The van der Waals surface area contributed by atoms with Gasteiger partial charge in [-0.3, -0.25) is 0 Å². The highest BCUT2D eigenvalue weighted by atomic mass is 35.5. The molecule has 0 bridgehead atoms. The van der Waals surface area contributed by atoms with Crippen LogP contribution in [0.1, 0.15) is 10.4 Å². The molecule has 2 rings (SSSR count).